The molecule has 0 aliphatic carbocycles. The average molecular weight is 358 g/mol. The Morgan fingerprint density at radius 1 is 1.10 bits per heavy atom. The fourth-order valence-electron chi connectivity index (χ4n) is 2.23. The van der Waals surface area contributed by atoms with Crippen LogP contribution >= 0.6 is 15.9 Å². The number of fused-ring (bicyclic) bond motifs is 1. The van der Waals surface area contributed by atoms with Crippen LogP contribution in [0.2, 0.25) is 0 Å². The zero-order valence-electron chi connectivity index (χ0n) is 10.7. The largest absolute Gasteiger partial charge is 0.481 e. The topological polar surface area (TPSA) is 21.3 Å². The summed E-state index contributed by atoms with van der Waals surface area (Å²) in [6.45, 7) is 0.509. The molecule has 2 nitrogen and oxygen atoms in total. The molecule has 0 fully saturated rings. The number of anilines is 1. The standard InChI is InChI=1S/C15H11BrF3NO/c16-11-2-1-3-12-14(11)21-13(8-20-12)9-4-6-10(7-5-9)15(17,18)19/h1-7,13,20H,8H2/t13-/m0/s1. The van der Waals surface area contributed by atoms with Crippen molar-refractivity contribution in [1.82, 2.24) is 0 Å². The highest BCUT2D eigenvalue weighted by Gasteiger charge is 2.30. The second-order valence-corrected chi connectivity index (χ2v) is 5.58. The maximum atomic E-state index is 12.6. The molecule has 0 saturated heterocycles. The zero-order valence-corrected chi connectivity index (χ0v) is 12.3. The fourth-order valence-corrected chi connectivity index (χ4v) is 2.69. The molecule has 0 aromatic heterocycles. The van der Waals surface area contributed by atoms with Crippen molar-refractivity contribution in [3.63, 3.8) is 0 Å². The number of benzene rings is 2. The van der Waals surface area contributed by atoms with Gasteiger partial charge < -0.3 is 10.1 Å². The lowest BCUT2D eigenvalue weighted by atomic mass is 10.1. The number of hydrogen-bond acceptors (Lipinski definition) is 2. The molecule has 1 aliphatic rings. The molecule has 0 amide bonds. The van der Waals surface area contributed by atoms with Crippen molar-refractivity contribution in [2.45, 2.75) is 12.3 Å². The van der Waals surface area contributed by atoms with Crippen molar-refractivity contribution in [1.29, 1.82) is 0 Å². The van der Waals surface area contributed by atoms with E-state index >= 15 is 0 Å². The first-order valence-corrected chi connectivity index (χ1v) is 7.10. The van der Waals surface area contributed by atoms with Gasteiger partial charge in [-0.05, 0) is 45.8 Å². The van der Waals surface area contributed by atoms with E-state index < -0.39 is 11.7 Å². The Hall–Kier alpha value is -1.69. The summed E-state index contributed by atoms with van der Waals surface area (Å²) in [6, 6.07) is 10.7. The van der Waals surface area contributed by atoms with E-state index in [1.165, 1.54) is 12.1 Å². The summed E-state index contributed by atoms with van der Waals surface area (Å²) >= 11 is 3.41. The molecule has 2 aromatic rings. The van der Waals surface area contributed by atoms with E-state index in [2.05, 4.69) is 21.2 Å². The lowest BCUT2D eigenvalue weighted by Gasteiger charge is -2.28. The first-order chi connectivity index (χ1) is 9.95. The average Bonchev–Trinajstić information content (AvgIpc) is 2.47. The Morgan fingerprint density at radius 3 is 2.48 bits per heavy atom. The van der Waals surface area contributed by atoms with Crippen LogP contribution < -0.4 is 10.1 Å². The molecular formula is C15H11BrF3NO. The van der Waals surface area contributed by atoms with Gasteiger partial charge in [0.1, 0.15) is 6.10 Å². The molecule has 1 atom stereocenters. The van der Waals surface area contributed by atoms with Gasteiger partial charge in [-0.2, -0.15) is 13.2 Å². The Kier molecular flexibility index (Phi) is 3.57. The second-order valence-electron chi connectivity index (χ2n) is 4.72. The summed E-state index contributed by atoms with van der Waals surface area (Å²) < 4.78 is 44.4. The number of para-hydroxylation sites is 1. The van der Waals surface area contributed by atoms with Crippen molar-refractivity contribution in [2.75, 3.05) is 11.9 Å². The minimum Gasteiger partial charge on any atom is -0.481 e. The molecule has 0 bridgehead atoms. The molecule has 110 valence electrons. The summed E-state index contributed by atoms with van der Waals surface area (Å²) in [5, 5.41) is 3.22. The molecule has 1 aliphatic heterocycles. The Labute approximate surface area is 128 Å². The van der Waals surface area contributed by atoms with Crippen LogP contribution in [-0.4, -0.2) is 6.54 Å². The number of alkyl halides is 3. The lowest BCUT2D eigenvalue weighted by Crippen LogP contribution is -2.23. The number of ether oxygens (including phenoxy) is 1. The Morgan fingerprint density at radius 2 is 1.81 bits per heavy atom. The van der Waals surface area contributed by atoms with Gasteiger partial charge in [0.05, 0.1) is 22.3 Å². The van der Waals surface area contributed by atoms with E-state index in [0.717, 1.165) is 22.3 Å². The molecule has 2 aromatic carbocycles. The minimum atomic E-state index is -4.32. The quantitative estimate of drug-likeness (QED) is 0.774. The van der Waals surface area contributed by atoms with Crippen LogP contribution in [0.4, 0.5) is 18.9 Å². The van der Waals surface area contributed by atoms with Gasteiger partial charge in [0.15, 0.2) is 5.75 Å². The van der Waals surface area contributed by atoms with Crippen LogP contribution in [0.5, 0.6) is 5.75 Å². The first kappa shape index (κ1) is 14.3. The van der Waals surface area contributed by atoms with Gasteiger partial charge in [0.2, 0.25) is 0 Å². The predicted molar refractivity (Wildman–Crippen MR) is 77.4 cm³/mol. The van der Waals surface area contributed by atoms with Crippen LogP contribution in [-0.2, 0) is 6.18 Å². The normalized spacial score (nSPS) is 17.6. The van der Waals surface area contributed by atoms with Crippen LogP contribution in [0.15, 0.2) is 46.9 Å². The van der Waals surface area contributed by atoms with E-state index in [1.807, 2.05) is 18.2 Å². The molecular weight excluding hydrogens is 347 g/mol. The predicted octanol–water partition coefficient (Wildman–Crippen LogP) is 5.01. The van der Waals surface area contributed by atoms with Crippen molar-refractivity contribution in [3.05, 3.63) is 58.1 Å². The molecule has 0 unspecified atom stereocenters. The lowest BCUT2D eigenvalue weighted by molar-refractivity contribution is -0.137. The molecule has 0 spiro atoms. The van der Waals surface area contributed by atoms with E-state index in [-0.39, 0.29) is 6.10 Å². The summed E-state index contributed by atoms with van der Waals surface area (Å²) in [4.78, 5) is 0. The minimum absolute atomic E-state index is 0.321. The molecule has 0 radical (unpaired) electrons. The SMILES string of the molecule is FC(F)(F)c1ccc([C@@H]2CNc3cccc(Br)c3O2)cc1. The van der Waals surface area contributed by atoms with E-state index in [4.69, 9.17) is 4.74 Å². The molecule has 0 saturated carbocycles. The molecule has 6 heteroatoms. The maximum absolute atomic E-state index is 12.6. The van der Waals surface area contributed by atoms with Crippen LogP contribution in [0, 0.1) is 0 Å². The Bertz CT molecular complexity index is 655. The number of rotatable bonds is 1. The number of halogens is 4. The van der Waals surface area contributed by atoms with Gasteiger partial charge in [0.25, 0.3) is 0 Å². The van der Waals surface area contributed by atoms with Crippen molar-refractivity contribution >= 4 is 21.6 Å². The third-order valence-electron chi connectivity index (χ3n) is 3.31. The van der Waals surface area contributed by atoms with Crippen molar-refractivity contribution in [3.8, 4) is 5.75 Å². The highest BCUT2D eigenvalue weighted by atomic mass is 79.9. The molecule has 3 rings (SSSR count). The van der Waals surface area contributed by atoms with Gasteiger partial charge >= 0.3 is 6.18 Å². The summed E-state index contributed by atoms with van der Waals surface area (Å²) in [6.07, 6.45) is -4.64. The zero-order chi connectivity index (χ0) is 15.0. The number of hydrogen-bond donors (Lipinski definition) is 1. The monoisotopic (exact) mass is 357 g/mol. The first-order valence-electron chi connectivity index (χ1n) is 6.31. The van der Waals surface area contributed by atoms with Gasteiger partial charge in [-0.25, -0.2) is 0 Å². The van der Waals surface area contributed by atoms with Crippen molar-refractivity contribution in [2.24, 2.45) is 0 Å². The van der Waals surface area contributed by atoms with E-state index in [0.29, 0.717) is 17.9 Å². The second kappa shape index (κ2) is 5.26. The van der Waals surface area contributed by atoms with Crippen LogP contribution in [0.1, 0.15) is 17.2 Å². The summed E-state index contributed by atoms with van der Waals surface area (Å²) in [5.74, 6) is 0.675. The third-order valence-corrected chi connectivity index (χ3v) is 3.94. The molecule has 21 heavy (non-hydrogen) atoms. The van der Waals surface area contributed by atoms with Gasteiger partial charge in [-0.15, -0.1) is 0 Å². The molecule has 1 heterocycles. The van der Waals surface area contributed by atoms with Crippen molar-refractivity contribution < 1.29 is 17.9 Å². The third kappa shape index (κ3) is 2.85. The fraction of sp³-hybridized carbons (Fsp3) is 0.200. The summed E-state index contributed by atoms with van der Waals surface area (Å²) in [7, 11) is 0. The van der Waals surface area contributed by atoms with E-state index in [9.17, 15) is 13.2 Å². The highest BCUT2D eigenvalue weighted by Crippen LogP contribution is 2.40. The molecule has 1 N–H and O–H groups in total. The summed E-state index contributed by atoms with van der Waals surface area (Å²) in [5.41, 5.74) is 0.918. The van der Waals surface area contributed by atoms with E-state index in [1.54, 1.807) is 0 Å². The van der Waals surface area contributed by atoms with Crippen LogP contribution in [0.3, 0.4) is 0 Å². The van der Waals surface area contributed by atoms with Gasteiger partial charge in [-0.1, -0.05) is 18.2 Å². The van der Waals surface area contributed by atoms with Gasteiger partial charge in [0, 0.05) is 0 Å². The maximum Gasteiger partial charge on any atom is 0.416 e. The smallest absolute Gasteiger partial charge is 0.416 e. The van der Waals surface area contributed by atoms with Gasteiger partial charge in [-0.3, -0.25) is 0 Å². The van der Waals surface area contributed by atoms with Crippen LogP contribution in [0.25, 0.3) is 0 Å². The number of nitrogens with one attached hydrogen (secondary N) is 1. The Balaban J connectivity index is 1.85. The highest BCUT2D eigenvalue weighted by molar-refractivity contribution is 9.10.